The summed E-state index contributed by atoms with van der Waals surface area (Å²) in [6, 6.07) is 19.1. The van der Waals surface area contributed by atoms with Crippen molar-refractivity contribution in [3.05, 3.63) is 82.8 Å². The van der Waals surface area contributed by atoms with Crippen LogP contribution in [0.5, 0.6) is 0 Å². The minimum atomic E-state index is -1.38. The number of allylic oxidation sites excluding steroid dienone is 2. The predicted octanol–water partition coefficient (Wildman–Crippen LogP) is 2.79. The van der Waals surface area contributed by atoms with Gasteiger partial charge in [0.25, 0.3) is 0 Å². The molecule has 0 amide bonds. The van der Waals surface area contributed by atoms with Crippen molar-refractivity contribution >= 4 is 5.87 Å². The fraction of sp³-hybridized carbons (Fsp3) is 0.292. The number of nitrogens with zero attached hydrogens (tertiary/aromatic N) is 3. The quantitative estimate of drug-likeness (QED) is 0.419. The molecule has 1 fully saturated rings. The van der Waals surface area contributed by atoms with Crippen LogP contribution in [-0.2, 0) is 0 Å². The first-order chi connectivity index (χ1) is 14.5. The number of nitrogens with one attached hydrogen (secondary N) is 2. The molecule has 1 aliphatic carbocycles. The minimum absolute atomic E-state index is 0.0262. The van der Waals surface area contributed by atoms with Crippen LogP contribution in [0, 0.1) is 40.9 Å². The van der Waals surface area contributed by atoms with Gasteiger partial charge in [-0.1, -0.05) is 36.4 Å². The lowest BCUT2D eigenvalue weighted by atomic mass is 9.73. The number of aliphatic hydroxyl groups is 1. The van der Waals surface area contributed by atoms with Gasteiger partial charge >= 0.3 is 0 Å². The number of hydrogen-bond acceptors (Lipinski definition) is 5. The summed E-state index contributed by atoms with van der Waals surface area (Å²) in [5.41, 5.74) is 0.877. The largest absolute Gasteiger partial charge is 0.365 e. The third-order valence-corrected chi connectivity index (χ3v) is 6.04. The van der Waals surface area contributed by atoms with Crippen molar-refractivity contribution < 1.29 is 9.67 Å². The lowest BCUT2D eigenvalue weighted by Crippen LogP contribution is -2.66. The molecule has 0 bridgehead atoms. The summed E-state index contributed by atoms with van der Waals surface area (Å²) in [7, 11) is 0. The van der Waals surface area contributed by atoms with Gasteiger partial charge in [-0.25, -0.2) is 0 Å². The first kappa shape index (κ1) is 19.6. The molecule has 6 heteroatoms. The number of pyridine rings is 1. The number of aryl methyl sites for hydroxylation is 1. The molecule has 4 rings (SSSR count). The van der Waals surface area contributed by atoms with Gasteiger partial charge in [-0.15, -0.1) is 0 Å². The molecular formula is C24H22N5O+. The van der Waals surface area contributed by atoms with Crippen LogP contribution >= 0.6 is 0 Å². The highest BCUT2D eigenvalue weighted by Gasteiger charge is 2.61. The molecule has 0 saturated heterocycles. The maximum absolute atomic E-state index is 12.0. The molecule has 1 aliphatic heterocycles. The van der Waals surface area contributed by atoms with E-state index in [4.69, 9.17) is 5.41 Å². The third kappa shape index (κ3) is 3.09. The van der Waals surface area contributed by atoms with Crippen molar-refractivity contribution in [2.75, 3.05) is 0 Å². The summed E-state index contributed by atoms with van der Waals surface area (Å²) < 4.78 is 2.01. The Morgan fingerprint density at radius 1 is 1.17 bits per heavy atom. The first-order valence-corrected chi connectivity index (χ1v) is 9.91. The Bertz CT molecular complexity index is 1150. The Morgan fingerprint density at radius 2 is 1.87 bits per heavy atom. The van der Waals surface area contributed by atoms with Crippen LogP contribution in [0.25, 0.3) is 0 Å². The number of hydrogen-bond donors (Lipinski definition) is 3. The van der Waals surface area contributed by atoms with Crippen LogP contribution in [0.2, 0.25) is 0 Å². The summed E-state index contributed by atoms with van der Waals surface area (Å²) in [5, 5.41) is 42.4. The lowest BCUT2D eigenvalue weighted by molar-refractivity contribution is -0.747. The van der Waals surface area contributed by atoms with Crippen LogP contribution in [0.4, 0.5) is 0 Å². The van der Waals surface area contributed by atoms with Crippen molar-refractivity contribution in [1.29, 1.82) is 15.9 Å². The molecule has 3 atom stereocenters. The second-order valence-corrected chi connectivity index (χ2v) is 7.82. The van der Waals surface area contributed by atoms with Gasteiger partial charge in [0.15, 0.2) is 11.9 Å². The summed E-state index contributed by atoms with van der Waals surface area (Å²) in [6.45, 7) is 1.97. The molecule has 0 spiro atoms. The smallest absolute Gasteiger partial charge is 0.217 e. The zero-order chi connectivity index (χ0) is 21.3. The molecule has 3 N–H and O–H groups in total. The number of nitriles is 2. The summed E-state index contributed by atoms with van der Waals surface area (Å²) in [4.78, 5) is 0. The number of rotatable bonds is 4. The Labute approximate surface area is 175 Å². The second-order valence-electron chi connectivity index (χ2n) is 7.82. The SMILES string of the molecule is Cc1cccc[n+]1[C@H]1[C@H](c2ccccc2)C(C#N)=C(C(=C=N)C#N)N[C@]1(O)C1CC1. The van der Waals surface area contributed by atoms with Gasteiger partial charge in [-0.2, -0.15) is 15.1 Å². The van der Waals surface area contributed by atoms with E-state index >= 15 is 0 Å². The van der Waals surface area contributed by atoms with E-state index in [1.54, 1.807) is 0 Å². The Balaban J connectivity index is 2.06. The molecule has 0 radical (unpaired) electrons. The summed E-state index contributed by atoms with van der Waals surface area (Å²) in [5.74, 6) is 1.61. The van der Waals surface area contributed by atoms with E-state index in [0.29, 0.717) is 5.57 Å². The van der Waals surface area contributed by atoms with Gasteiger partial charge in [-0.05, 0) is 24.3 Å². The van der Waals surface area contributed by atoms with Crippen LogP contribution in [0.15, 0.2) is 71.6 Å². The van der Waals surface area contributed by atoms with E-state index in [1.165, 1.54) is 0 Å². The van der Waals surface area contributed by atoms with E-state index < -0.39 is 17.7 Å². The molecule has 6 nitrogen and oxygen atoms in total. The molecule has 0 unspecified atom stereocenters. The van der Waals surface area contributed by atoms with Crippen molar-refractivity contribution in [3.63, 3.8) is 0 Å². The first-order valence-electron chi connectivity index (χ1n) is 9.91. The average molecular weight is 396 g/mol. The molecule has 1 aromatic heterocycles. The molecule has 1 aromatic carbocycles. The standard InChI is InChI=1S/C24H22N5O/c1-16-7-5-6-12-29(16)23-21(17-8-3-2-4-9-17)20(15-27)22(18(13-25)14-26)28-24(23,30)19-10-11-19/h2-9,12,19,21,23,25,28,30H,10-11H2,1H3/q+1/t21-,23+,24+/m1/s1. The maximum Gasteiger partial charge on any atom is 0.217 e. The van der Waals surface area contributed by atoms with Gasteiger partial charge in [0.1, 0.15) is 11.6 Å². The van der Waals surface area contributed by atoms with Gasteiger partial charge in [-0.3, -0.25) is 5.41 Å². The van der Waals surface area contributed by atoms with Gasteiger partial charge < -0.3 is 10.4 Å². The van der Waals surface area contributed by atoms with Crippen molar-refractivity contribution in [1.82, 2.24) is 5.32 Å². The third-order valence-electron chi connectivity index (χ3n) is 6.04. The molecule has 30 heavy (non-hydrogen) atoms. The number of benzene rings is 1. The predicted molar refractivity (Wildman–Crippen MR) is 110 cm³/mol. The highest BCUT2D eigenvalue weighted by Crippen LogP contribution is 2.52. The van der Waals surface area contributed by atoms with Crippen LogP contribution < -0.4 is 9.88 Å². The maximum atomic E-state index is 12.0. The Hall–Kier alpha value is -3.70. The highest BCUT2D eigenvalue weighted by atomic mass is 16.3. The van der Waals surface area contributed by atoms with Crippen LogP contribution in [0.3, 0.4) is 0 Å². The normalized spacial score (nSPS) is 25.5. The summed E-state index contributed by atoms with van der Waals surface area (Å²) >= 11 is 0. The minimum Gasteiger partial charge on any atom is -0.365 e. The fourth-order valence-electron chi connectivity index (χ4n) is 4.48. The number of aromatic nitrogens is 1. The summed E-state index contributed by atoms with van der Waals surface area (Å²) in [6.07, 6.45) is 3.61. The van der Waals surface area contributed by atoms with Crippen LogP contribution in [0.1, 0.15) is 36.1 Å². The highest BCUT2D eigenvalue weighted by molar-refractivity contribution is 5.71. The van der Waals surface area contributed by atoms with E-state index in [-0.39, 0.29) is 17.2 Å². The zero-order valence-corrected chi connectivity index (χ0v) is 16.6. The van der Waals surface area contributed by atoms with E-state index in [0.717, 1.165) is 24.1 Å². The van der Waals surface area contributed by atoms with Crippen molar-refractivity contribution in [3.8, 4) is 12.1 Å². The molecule has 2 heterocycles. The van der Waals surface area contributed by atoms with Gasteiger partial charge in [0.05, 0.1) is 23.3 Å². The van der Waals surface area contributed by atoms with E-state index in [1.807, 2.05) is 72.3 Å². The molecular weight excluding hydrogens is 374 g/mol. The van der Waals surface area contributed by atoms with Crippen molar-refractivity contribution in [2.24, 2.45) is 5.92 Å². The molecule has 2 aromatic rings. The van der Waals surface area contributed by atoms with Crippen LogP contribution in [-0.4, -0.2) is 16.7 Å². The fourth-order valence-corrected chi connectivity index (χ4v) is 4.48. The van der Waals surface area contributed by atoms with E-state index in [9.17, 15) is 15.6 Å². The second kappa shape index (κ2) is 7.61. The monoisotopic (exact) mass is 396 g/mol. The Morgan fingerprint density at radius 3 is 2.43 bits per heavy atom. The molecule has 148 valence electrons. The molecule has 2 aliphatic rings. The Kier molecular flexibility index (Phi) is 4.98. The topological polar surface area (TPSA) is 108 Å². The average Bonchev–Trinajstić information content (AvgIpc) is 3.62. The van der Waals surface area contributed by atoms with Crippen molar-refractivity contribution in [2.45, 2.75) is 37.5 Å². The van der Waals surface area contributed by atoms with E-state index in [2.05, 4.69) is 17.3 Å². The molecule has 1 saturated carbocycles. The zero-order valence-electron chi connectivity index (χ0n) is 16.6. The van der Waals surface area contributed by atoms with Gasteiger partial charge in [0.2, 0.25) is 11.8 Å². The van der Waals surface area contributed by atoms with Gasteiger partial charge in [0, 0.05) is 25.0 Å². The lowest BCUT2D eigenvalue weighted by Gasteiger charge is -2.43.